The molecule has 2 atom stereocenters. The fourth-order valence-electron chi connectivity index (χ4n) is 1.75. The second-order valence-corrected chi connectivity index (χ2v) is 3.68. The SMILES string of the molecule is CCOC(=O)N1CC[C@@H](N=[N+]=[N-])[C@@H](C)C1. The van der Waals surface area contributed by atoms with Gasteiger partial charge in [-0.1, -0.05) is 12.0 Å². The summed E-state index contributed by atoms with van der Waals surface area (Å²) in [4.78, 5) is 15.9. The van der Waals surface area contributed by atoms with Gasteiger partial charge in [-0.3, -0.25) is 0 Å². The van der Waals surface area contributed by atoms with Gasteiger partial charge in [0.25, 0.3) is 0 Å². The van der Waals surface area contributed by atoms with Crippen LogP contribution in [0.2, 0.25) is 0 Å². The van der Waals surface area contributed by atoms with Crippen LogP contribution >= 0.6 is 0 Å². The number of ether oxygens (including phenoxy) is 1. The third-order valence-corrected chi connectivity index (χ3v) is 2.59. The van der Waals surface area contributed by atoms with Gasteiger partial charge in [-0.25, -0.2) is 4.79 Å². The molecule has 1 rings (SSSR count). The Hall–Kier alpha value is -1.42. The molecule has 0 radical (unpaired) electrons. The normalized spacial score (nSPS) is 25.6. The maximum Gasteiger partial charge on any atom is 0.409 e. The molecular weight excluding hydrogens is 196 g/mol. The van der Waals surface area contributed by atoms with Crippen molar-refractivity contribution in [3.63, 3.8) is 0 Å². The summed E-state index contributed by atoms with van der Waals surface area (Å²) in [5.41, 5.74) is 8.35. The van der Waals surface area contributed by atoms with Gasteiger partial charge >= 0.3 is 6.09 Å². The van der Waals surface area contributed by atoms with Gasteiger partial charge in [-0.2, -0.15) is 0 Å². The Morgan fingerprint density at radius 2 is 2.47 bits per heavy atom. The molecule has 0 N–H and O–H groups in total. The highest BCUT2D eigenvalue weighted by molar-refractivity contribution is 5.67. The van der Waals surface area contributed by atoms with Crippen LogP contribution in [0.4, 0.5) is 4.79 Å². The predicted octanol–water partition coefficient (Wildman–Crippen LogP) is 2.16. The molecule has 0 aromatic rings. The molecular formula is C9H16N4O2. The summed E-state index contributed by atoms with van der Waals surface area (Å²) in [5, 5.41) is 3.71. The van der Waals surface area contributed by atoms with Crippen molar-refractivity contribution in [3.05, 3.63) is 10.4 Å². The summed E-state index contributed by atoms with van der Waals surface area (Å²) in [6, 6.07) is 0.000626. The first-order chi connectivity index (χ1) is 7.19. The zero-order valence-corrected chi connectivity index (χ0v) is 9.09. The average molecular weight is 212 g/mol. The number of azide groups is 1. The number of likely N-dealkylation sites (tertiary alicyclic amines) is 1. The van der Waals surface area contributed by atoms with E-state index in [2.05, 4.69) is 10.0 Å². The number of nitrogens with zero attached hydrogens (tertiary/aromatic N) is 4. The van der Waals surface area contributed by atoms with Crippen molar-refractivity contribution in [2.24, 2.45) is 11.0 Å². The minimum Gasteiger partial charge on any atom is -0.450 e. The molecule has 1 heterocycles. The van der Waals surface area contributed by atoms with Gasteiger partial charge in [0.2, 0.25) is 0 Å². The Kier molecular flexibility index (Phi) is 4.24. The number of hydrogen-bond donors (Lipinski definition) is 0. The summed E-state index contributed by atoms with van der Waals surface area (Å²) in [6.07, 6.45) is 0.438. The van der Waals surface area contributed by atoms with Crippen LogP contribution in [-0.2, 0) is 4.74 Å². The highest BCUT2D eigenvalue weighted by Gasteiger charge is 2.28. The van der Waals surface area contributed by atoms with Crippen LogP contribution < -0.4 is 0 Å². The fourth-order valence-corrected chi connectivity index (χ4v) is 1.75. The maximum atomic E-state index is 11.4. The Morgan fingerprint density at radius 3 is 3.00 bits per heavy atom. The highest BCUT2D eigenvalue weighted by Crippen LogP contribution is 2.20. The minimum absolute atomic E-state index is 0.000626. The second kappa shape index (κ2) is 5.46. The number of hydrogen-bond acceptors (Lipinski definition) is 3. The molecule has 1 saturated heterocycles. The first kappa shape index (κ1) is 11.7. The summed E-state index contributed by atoms with van der Waals surface area (Å²) >= 11 is 0. The molecule has 1 amide bonds. The number of piperidine rings is 1. The molecule has 15 heavy (non-hydrogen) atoms. The molecule has 0 aliphatic carbocycles. The van der Waals surface area contributed by atoms with E-state index in [0.29, 0.717) is 26.1 Å². The van der Waals surface area contributed by atoms with Gasteiger partial charge < -0.3 is 9.64 Å². The topological polar surface area (TPSA) is 78.3 Å². The zero-order valence-electron chi connectivity index (χ0n) is 9.09. The molecule has 1 aliphatic heterocycles. The molecule has 84 valence electrons. The van der Waals surface area contributed by atoms with Crippen molar-refractivity contribution >= 4 is 6.09 Å². The largest absolute Gasteiger partial charge is 0.450 e. The quantitative estimate of drug-likeness (QED) is 0.399. The predicted molar refractivity (Wildman–Crippen MR) is 55.3 cm³/mol. The molecule has 1 aliphatic rings. The standard InChI is InChI=1S/C9H16N4O2/c1-3-15-9(14)13-5-4-8(11-12-10)7(2)6-13/h7-8H,3-6H2,1-2H3/t7-,8+/m0/s1. The van der Waals surface area contributed by atoms with E-state index >= 15 is 0 Å². The van der Waals surface area contributed by atoms with Crippen LogP contribution in [0.5, 0.6) is 0 Å². The average Bonchev–Trinajstić information content (AvgIpc) is 2.21. The lowest BCUT2D eigenvalue weighted by Gasteiger charge is -2.33. The number of rotatable bonds is 2. The van der Waals surface area contributed by atoms with Gasteiger partial charge in [0.1, 0.15) is 0 Å². The molecule has 0 spiro atoms. The Labute approximate surface area is 88.8 Å². The lowest BCUT2D eigenvalue weighted by atomic mass is 9.95. The van der Waals surface area contributed by atoms with Gasteiger partial charge in [-0.15, -0.1) is 0 Å². The molecule has 0 bridgehead atoms. The van der Waals surface area contributed by atoms with Crippen molar-refractivity contribution in [3.8, 4) is 0 Å². The lowest BCUT2D eigenvalue weighted by Crippen LogP contribution is -2.44. The van der Waals surface area contributed by atoms with Crippen LogP contribution in [0.15, 0.2) is 5.11 Å². The van der Waals surface area contributed by atoms with E-state index in [1.807, 2.05) is 6.92 Å². The Balaban J connectivity index is 2.50. The second-order valence-electron chi connectivity index (χ2n) is 3.68. The number of carbonyl (C=O) groups excluding carboxylic acids is 1. The van der Waals surface area contributed by atoms with E-state index in [-0.39, 0.29) is 18.1 Å². The van der Waals surface area contributed by atoms with Crippen LogP contribution in [0, 0.1) is 5.92 Å². The maximum absolute atomic E-state index is 11.4. The Morgan fingerprint density at radius 1 is 1.73 bits per heavy atom. The van der Waals surface area contributed by atoms with Crippen molar-refractivity contribution in [1.82, 2.24) is 4.90 Å². The number of amides is 1. The highest BCUT2D eigenvalue weighted by atomic mass is 16.6. The first-order valence-electron chi connectivity index (χ1n) is 5.15. The fraction of sp³-hybridized carbons (Fsp3) is 0.889. The lowest BCUT2D eigenvalue weighted by molar-refractivity contribution is 0.0862. The molecule has 6 nitrogen and oxygen atoms in total. The summed E-state index contributed by atoms with van der Waals surface area (Å²) in [6.45, 7) is 5.36. The van der Waals surface area contributed by atoms with Gasteiger partial charge in [0, 0.05) is 24.0 Å². The first-order valence-corrected chi connectivity index (χ1v) is 5.15. The van der Waals surface area contributed by atoms with Crippen molar-refractivity contribution in [2.45, 2.75) is 26.3 Å². The third kappa shape index (κ3) is 3.02. The van der Waals surface area contributed by atoms with E-state index in [1.165, 1.54) is 0 Å². The van der Waals surface area contributed by atoms with Crippen LogP contribution in [0.25, 0.3) is 10.4 Å². The summed E-state index contributed by atoms with van der Waals surface area (Å²) in [7, 11) is 0. The van der Waals surface area contributed by atoms with Crippen molar-refractivity contribution in [2.75, 3.05) is 19.7 Å². The molecule has 0 unspecified atom stereocenters. The smallest absolute Gasteiger partial charge is 0.409 e. The van der Waals surface area contributed by atoms with Gasteiger partial charge in [0.15, 0.2) is 0 Å². The third-order valence-electron chi connectivity index (χ3n) is 2.59. The van der Waals surface area contributed by atoms with E-state index < -0.39 is 0 Å². The Bertz CT molecular complexity index is 275. The van der Waals surface area contributed by atoms with Crippen LogP contribution in [-0.4, -0.2) is 36.7 Å². The number of carbonyl (C=O) groups is 1. The van der Waals surface area contributed by atoms with Gasteiger partial charge in [0.05, 0.1) is 6.61 Å². The monoisotopic (exact) mass is 212 g/mol. The van der Waals surface area contributed by atoms with Crippen LogP contribution in [0.3, 0.4) is 0 Å². The van der Waals surface area contributed by atoms with Crippen LogP contribution in [0.1, 0.15) is 20.3 Å². The van der Waals surface area contributed by atoms with Crippen molar-refractivity contribution < 1.29 is 9.53 Å². The minimum atomic E-state index is -0.274. The molecule has 0 aromatic carbocycles. The van der Waals surface area contributed by atoms with Crippen molar-refractivity contribution in [1.29, 1.82) is 0 Å². The zero-order chi connectivity index (χ0) is 11.3. The van der Waals surface area contributed by atoms with E-state index in [0.717, 1.165) is 0 Å². The molecule has 0 aromatic heterocycles. The summed E-state index contributed by atoms with van der Waals surface area (Å²) in [5.74, 6) is 0.194. The molecule has 0 saturated carbocycles. The summed E-state index contributed by atoms with van der Waals surface area (Å²) < 4.78 is 4.91. The van der Waals surface area contributed by atoms with E-state index in [4.69, 9.17) is 10.3 Å². The van der Waals surface area contributed by atoms with Gasteiger partial charge in [-0.05, 0) is 24.8 Å². The van der Waals surface area contributed by atoms with E-state index in [9.17, 15) is 4.79 Å². The molecule has 1 fully saturated rings. The van der Waals surface area contributed by atoms with E-state index in [1.54, 1.807) is 11.8 Å². The molecule has 6 heteroatoms.